The molecule has 6 nitrogen and oxygen atoms in total. The minimum Gasteiger partial charge on any atom is -0.476 e. The Morgan fingerprint density at radius 1 is 1.48 bits per heavy atom. The molecule has 2 heterocycles. The molecule has 1 aromatic carbocycles. The molecular weight excluding hydrogens is 382 g/mol. The summed E-state index contributed by atoms with van der Waals surface area (Å²) in [5.41, 5.74) is 2.46. The quantitative estimate of drug-likeness (QED) is 0.620. The number of hydrogen-bond donors (Lipinski definition) is 2. The van der Waals surface area contributed by atoms with Crippen LogP contribution < -0.4 is 5.32 Å². The number of benzene rings is 1. The zero-order valence-corrected chi connectivity index (χ0v) is 16.8. The van der Waals surface area contributed by atoms with E-state index in [9.17, 15) is 9.59 Å². The minimum absolute atomic E-state index is 0.0798. The number of amides is 1. The third kappa shape index (κ3) is 5.23. The zero-order chi connectivity index (χ0) is 19.2. The molecule has 1 fully saturated rings. The average Bonchev–Trinajstić information content (AvgIpc) is 3.28. The summed E-state index contributed by atoms with van der Waals surface area (Å²) >= 11 is 2.83. The smallest absolute Gasteiger partial charge is 0.355 e. The lowest BCUT2D eigenvalue weighted by Crippen LogP contribution is -2.39. The van der Waals surface area contributed by atoms with E-state index in [1.54, 1.807) is 5.38 Å². The van der Waals surface area contributed by atoms with E-state index in [0.29, 0.717) is 18.7 Å². The second kappa shape index (κ2) is 9.23. The number of carbonyl (C=O) groups excluding carboxylic acids is 1. The summed E-state index contributed by atoms with van der Waals surface area (Å²) < 4.78 is 0.727. The van der Waals surface area contributed by atoms with Crippen molar-refractivity contribution in [2.75, 3.05) is 24.2 Å². The van der Waals surface area contributed by atoms with Crippen molar-refractivity contribution in [2.24, 2.45) is 0 Å². The van der Waals surface area contributed by atoms with Gasteiger partial charge in [0.2, 0.25) is 5.91 Å². The lowest BCUT2D eigenvalue weighted by atomic mass is 10.1. The van der Waals surface area contributed by atoms with Gasteiger partial charge in [-0.3, -0.25) is 4.79 Å². The molecule has 3 rings (SSSR count). The van der Waals surface area contributed by atoms with E-state index in [1.807, 2.05) is 4.90 Å². The molecule has 2 aromatic rings. The van der Waals surface area contributed by atoms with Gasteiger partial charge in [-0.2, -0.15) is 0 Å². The molecule has 1 aliphatic heterocycles. The van der Waals surface area contributed by atoms with Crippen molar-refractivity contribution < 1.29 is 14.7 Å². The summed E-state index contributed by atoms with van der Waals surface area (Å²) in [6.07, 6.45) is 2.46. The van der Waals surface area contributed by atoms with Crippen molar-refractivity contribution in [3.8, 4) is 0 Å². The first kappa shape index (κ1) is 19.7. The van der Waals surface area contributed by atoms with E-state index in [0.717, 1.165) is 29.4 Å². The van der Waals surface area contributed by atoms with E-state index in [2.05, 4.69) is 41.5 Å². The number of carbonyl (C=O) groups is 2. The molecule has 1 atom stereocenters. The van der Waals surface area contributed by atoms with Crippen molar-refractivity contribution in [3.63, 3.8) is 0 Å². The van der Waals surface area contributed by atoms with Gasteiger partial charge in [-0.25, -0.2) is 9.78 Å². The fourth-order valence-corrected chi connectivity index (χ4v) is 4.91. The molecule has 27 heavy (non-hydrogen) atoms. The lowest BCUT2D eigenvalue weighted by Gasteiger charge is -2.25. The van der Waals surface area contributed by atoms with Gasteiger partial charge in [-0.1, -0.05) is 30.8 Å². The van der Waals surface area contributed by atoms with Crippen molar-refractivity contribution >= 4 is 40.7 Å². The van der Waals surface area contributed by atoms with Gasteiger partial charge in [0, 0.05) is 42.4 Å². The van der Waals surface area contributed by atoms with E-state index < -0.39 is 5.97 Å². The van der Waals surface area contributed by atoms with Crippen LogP contribution in [0.3, 0.4) is 0 Å². The number of nitrogens with zero attached hydrogens (tertiary/aromatic N) is 2. The number of aromatic carboxylic acids is 1. The number of nitrogens with one attached hydrogen (secondary N) is 1. The molecule has 8 heteroatoms. The summed E-state index contributed by atoms with van der Waals surface area (Å²) in [6.45, 7) is 3.52. The Kier molecular flexibility index (Phi) is 6.73. The summed E-state index contributed by atoms with van der Waals surface area (Å²) in [5, 5.41) is 13.9. The fraction of sp³-hybridized carbons (Fsp3) is 0.421. The van der Waals surface area contributed by atoms with E-state index in [1.165, 1.54) is 28.7 Å². The van der Waals surface area contributed by atoms with Crippen LogP contribution in [0, 0.1) is 0 Å². The Bertz CT molecular complexity index is 809. The minimum atomic E-state index is -1.01. The molecule has 2 N–H and O–H groups in total. The molecule has 0 bridgehead atoms. The first-order valence-corrected chi connectivity index (χ1v) is 10.9. The third-order valence-corrected chi connectivity index (χ3v) is 6.59. The van der Waals surface area contributed by atoms with Gasteiger partial charge in [0.1, 0.15) is 0 Å². The Morgan fingerprint density at radius 3 is 3.07 bits per heavy atom. The second-order valence-corrected chi connectivity index (χ2v) is 8.57. The molecule has 1 amide bonds. The number of aryl methyl sites for hydroxylation is 1. The second-order valence-electron chi connectivity index (χ2n) is 6.37. The Hall–Kier alpha value is -2.06. The van der Waals surface area contributed by atoms with Crippen LogP contribution in [0.5, 0.6) is 0 Å². The fourth-order valence-electron chi connectivity index (χ4n) is 3.10. The molecule has 0 spiro atoms. The number of anilines is 1. The molecule has 0 aliphatic carbocycles. The van der Waals surface area contributed by atoms with Crippen LogP contribution in [0.4, 0.5) is 5.69 Å². The molecule has 1 aliphatic rings. The number of hydrogen-bond acceptors (Lipinski definition) is 6. The normalized spacial score (nSPS) is 16.7. The van der Waals surface area contributed by atoms with Gasteiger partial charge in [-0.05, 0) is 30.5 Å². The van der Waals surface area contributed by atoms with Crippen LogP contribution in [0.25, 0.3) is 0 Å². The number of thioether (sulfide) groups is 1. The monoisotopic (exact) mass is 405 g/mol. The van der Waals surface area contributed by atoms with E-state index >= 15 is 0 Å². The molecule has 0 radical (unpaired) electrons. The Labute approximate surface area is 167 Å². The standard InChI is InChI=1S/C19H23N3O3S2/c1-2-13-4-3-5-14(10-13)20-11-15-6-7-17(23)22(15)8-9-26-19-21-16(12-27-19)18(24)25/h3-5,10,12,15,20H,2,6-9,11H2,1H3,(H,24,25). The van der Waals surface area contributed by atoms with Crippen molar-refractivity contribution in [1.82, 2.24) is 9.88 Å². The third-order valence-electron chi connectivity index (χ3n) is 4.59. The topological polar surface area (TPSA) is 82.5 Å². The van der Waals surface area contributed by atoms with Crippen LogP contribution in [-0.2, 0) is 11.2 Å². The molecule has 1 saturated heterocycles. The highest BCUT2D eigenvalue weighted by molar-refractivity contribution is 8.01. The number of rotatable bonds is 9. The summed E-state index contributed by atoms with van der Waals surface area (Å²) in [6, 6.07) is 8.56. The molecule has 0 saturated carbocycles. The van der Waals surface area contributed by atoms with E-state index in [-0.39, 0.29) is 17.6 Å². The predicted octanol–water partition coefficient (Wildman–Crippen LogP) is 3.60. The van der Waals surface area contributed by atoms with Crippen molar-refractivity contribution in [1.29, 1.82) is 0 Å². The van der Waals surface area contributed by atoms with Gasteiger partial charge in [0.15, 0.2) is 10.0 Å². The first-order chi connectivity index (χ1) is 13.1. The van der Waals surface area contributed by atoms with Gasteiger partial charge in [0.05, 0.1) is 0 Å². The number of likely N-dealkylation sites (tertiary alicyclic amines) is 1. The largest absolute Gasteiger partial charge is 0.476 e. The van der Waals surface area contributed by atoms with Gasteiger partial charge in [-0.15, -0.1) is 11.3 Å². The summed E-state index contributed by atoms with van der Waals surface area (Å²) in [7, 11) is 0. The zero-order valence-electron chi connectivity index (χ0n) is 15.2. The molecule has 144 valence electrons. The highest BCUT2D eigenvalue weighted by atomic mass is 32.2. The van der Waals surface area contributed by atoms with Gasteiger partial charge >= 0.3 is 5.97 Å². The SMILES string of the molecule is CCc1cccc(NCC2CCC(=O)N2CCSc2nc(C(=O)O)cs2)c1. The van der Waals surface area contributed by atoms with Crippen molar-refractivity contribution in [2.45, 2.75) is 36.6 Å². The average molecular weight is 406 g/mol. The van der Waals surface area contributed by atoms with Crippen LogP contribution >= 0.6 is 23.1 Å². The first-order valence-electron chi connectivity index (χ1n) is 9.00. The van der Waals surface area contributed by atoms with Crippen molar-refractivity contribution in [3.05, 3.63) is 40.9 Å². The maximum absolute atomic E-state index is 12.2. The van der Waals surface area contributed by atoms with Crippen LogP contribution in [-0.4, -0.2) is 51.8 Å². The highest BCUT2D eigenvalue weighted by Gasteiger charge is 2.30. The van der Waals surface area contributed by atoms with Gasteiger partial charge < -0.3 is 15.3 Å². The Balaban J connectivity index is 1.50. The maximum atomic E-state index is 12.2. The number of carboxylic acid groups (broad SMARTS) is 1. The van der Waals surface area contributed by atoms with Gasteiger partial charge in [0.25, 0.3) is 0 Å². The molecule has 1 unspecified atom stereocenters. The summed E-state index contributed by atoms with van der Waals surface area (Å²) in [5.74, 6) is -0.110. The number of thiazole rings is 1. The van der Waals surface area contributed by atoms with Crippen LogP contribution in [0.15, 0.2) is 34.0 Å². The van der Waals surface area contributed by atoms with Crippen LogP contribution in [0.2, 0.25) is 0 Å². The van der Waals surface area contributed by atoms with Crippen LogP contribution in [0.1, 0.15) is 35.8 Å². The highest BCUT2D eigenvalue weighted by Crippen LogP contribution is 2.25. The number of carboxylic acids is 1. The lowest BCUT2D eigenvalue weighted by molar-refractivity contribution is -0.128. The van der Waals surface area contributed by atoms with E-state index in [4.69, 9.17) is 5.11 Å². The summed E-state index contributed by atoms with van der Waals surface area (Å²) in [4.78, 5) is 29.1. The molecular formula is C19H23N3O3S2. The predicted molar refractivity (Wildman–Crippen MR) is 109 cm³/mol. The number of aromatic nitrogens is 1. The maximum Gasteiger partial charge on any atom is 0.355 e. The Morgan fingerprint density at radius 2 is 2.33 bits per heavy atom. The molecule has 1 aromatic heterocycles.